The summed E-state index contributed by atoms with van der Waals surface area (Å²) in [6, 6.07) is 9.78. The molecular weight excluding hydrogens is 330 g/mol. The molecule has 5 heteroatoms. The van der Waals surface area contributed by atoms with Crippen molar-refractivity contribution in [2.24, 2.45) is 0 Å². The van der Waals surface area contributed by atoms with Crippen LogP contribution in [0.15, 0.2) is 36.4 Å². The third-order valence-corrected chi connectivity index (χ3v) is 4.83. The van der Waals surface area contributed by atoms with Gasteiger partial charge < -0.3 is 19.1 Å². The maximum absolute atomic E-state index is 13.1. The Morgan fingerprint density at radius 2 is 1.92 bits per heavy atom. The van der Waals surface area contributed by atoms with E-state index in [0.29, 0.717) is 22.8 Å². The van der Waals surface area contributed by atoms with E-state index < -0.39 is 0 Å². The molecule has 0 radical (unpaired) electrons. The van der Waals surface area contributed by atoms with Gasteiger partial charge in [0, 0.05) is 18.7 Å². The Balaban J connectivity index is 1.81. The monoisotopic (exact) mass is 351 g/mol. The molecule has 134 valence electrons. The van der Waals surface area contributed by atoms with Gasteiger partial charge in [-0.3, -0.25) is 4.79 Å². The van der Waals surface area contributed by atoms with E-state index in [1.165, 1.54) is 0 Å². The molecular formula is C21H21NO4. The SMILES string of the molecule is COc1c2c(c(C(=O)C=Cc3ccccc3)c3c1OCO3)CCN(C)C2. The van der Waals surface area contributed by atoms with Crippen LogP contribution < -0.4 is 14.2 Å². The van der Waals surface area contributed by atoms with Crippen LogP contribution >= 0.6 is 0 Å². The number of methoxy groups -OCH3 is 1. The van der Waals surface area contributed by atoms with Crippen molar-refractivity contribution in [2.45, 2.75) is 13.0 Å². The lowest BCUT2D eigenvalue weighted by molar-refractivity contribution is 0.104. The molecule has 2 aliphatic rings. The molecule has 0 atom stereocenters. The number of hydrogen-bond donors (Lipinski definition) is 0. The van der Waals surface area contributed by atoms with Gasteiger partial charge >= 0.3 is 0 Å². The van der Waals surface area contributed by atoms with Crippen LogP contribution in [0.25, 0.3) is 6.08 Å². The third-order valence-electron chi connectivity index (χ3n) is 4.83. The van der Waals surface area contributed by atoms with Crippen molar-refractivity contribution in [1.82, 2.24) is 4.90 Å². The maximum Gasteiger partial charge on any atom is 0.231 e. The molecule has 0 saturated heterocycles. The molecule has 0 saturated carbocycles. The number of hydrogen-bond acceptors (Lipinski definition) is 5. The topological polar surface area (TPSA) is 48.0 Å². The van der Waals surface area contributed by atoms with E-state index in [2.05, 4.69) is 11.9 Å². The summed E-state index contributed by atoms with van der Waals surface area (Å²) >= 11 is 0. The van der Waals surface area contributed by atoms with Crippen molar-refractivity contribution < 1.29 is 19.0 Å². The summed E-state index contributed by atoms with van der Waals surface area (Å²) in [7, 11) is 3.69. The van der Waals surface area contributed by atoms with Gasteiger partial charge in [0.2, 0.25) is 12.5 Å². The molecule has 26 heavy (non-hydrogen) atoms. The Labute approximate surface area is 152 Å². The fourth-order valence-electron chi connectivity index (χ4n) is 3.59. The largest absolute Gasteiger partial charge is 0.492 e. The fraction of sp³-hybridized carbons (Fsp3) is 0.286. The van der Waals surface area contributed by atoms with E-state index in [1.54, 1.807) is 13.2 Å². The highest BCUT2D eigenvalue weighted by Crippen LogP contribution is 2.49. The summed E-state index contributed by atoms with van der Waals surface area (Å²) < 4.78 is 16.9. The minimum Gasteiger partial charge on any atom is -0.492 e. The van der Waals surface area contributed by atoms with Crippen LogP contribution in [0.3, 0.4) is 0 Å². The Morgan fingerprint density at radius 3 is 2.69 bits per heavy atom. The molecule has 0 bridgehead atoms. The first kappa shape index (κ1) is 16.7. The van der Waals surface area contributed by atoms with Crippen molar-refractivity contribution in [3.05, 3.63) is 58.7 Å². The zero-order valence-electron chi connectivity index (χ0n) is 15.0. The van der Waals surface area contributed by atoms with Crippen LogP contribution in [-0.4, -0.2) is 38.2 Å². The average Bonchev–Trinajstić information content (AvgIpc) is 3.14. The van der Waals surface area contributed by atoms with Crippen molar-refractivity contribution in [1.29, 1.82) is 0 Å². The second-order valence-electron chi connectivity index (χ2n) is 6.53. The number of carbonyl (C=O) groups excluding carboxylic acids is 1. The van der Waals surface area contributed by atoms with E-state index in [-0.39, 0.29) is 12.6 Å². The molecule has 0 spiro atoms. The lowest BCUT2D eigenvalue weighted by Gasteiger charge is -2.28. The number of allylic oxidation sites excluding steroid dienone is 1. The van der Waals surface area contributed by atoms with Gasteiger partial charge in [-0.15, -0.1) is 0 Å². The lowest BCUT2D eigenvalue weighted by Crippen LogP contribution is -2.28. The predicted molar refractivity (Wildman–Crippen MR) is 99.0 cm³/mol. The van der Waals surface area contributed by atoms with Gasteiger partial charge in [-0.05, 0) is 30.7 Å². The van der Waals surface area contributed by atoms with Crippen LogP contribution in [0, 0.1) is 0 Å². The van der Waals surface area contributed by atoms with Gasteiger partial charge in [-0.1, -0.05) is 36.4 Å². The van der Waals surface area contributed by atoms with Gasteiger partial charge in [-0.2, -0.15) is 0 Å². The summed E-state index contributed by atoms with van der Waals surface area (Å²) in [4.78, 5) is 15.3. The van der Waals surface area contributed by atoms with E-state index in [0.717, 1.165) is 36.2 Å². The average molecular weight is 351 g/mol. The summed E-state index contributed by atoms with van der Waals surface area (Å²) in [6.45, 7) is 1.71. The molecule has 2 heterocycles. The lowest BCUT2D eigenvalue weighted by atomic mass is 9.90. The number of nitrogens with zero attached hydrogens (tertiary/aromatic N) is 1. The van der Waals surface area contributed by atoms with Gasteiger partial charge in [0.15, 0.2) is 17.3 Å². The fourth-order valence-corrected chi connectivity index (χ4v) is 3.59. The van der Waals surface area contributed by atoms with Gasteiger partial charge in [0.05, 0.1) is 12.7 Å². The van der Waals surface area contributed by atoms with Crippen molar-refractivity contribution in [3.63, 3.8) is 0 Å². The number of carbonyl (C=O) groups is 1. The van der Waals surface area contributed by atoms with Gasteiger partial charge in [0.1, 0.15) is 0 Å². The molecule has 2 aromatic carbocycles. The smallest absolute Gasteiger partial charge is 0.231 e. The van der Waals surface area contributed by atoms with Gasteiger partial charge in [0.25, 0.3) is 0 Å². The molecule has 0 aliphatic carbocycles. The Morgan fingerprint density at radius 1 is 1.15 bits per heavy atom. The van der Waals surface area contributed by atoms with Crippen LogP contribution in [0.2, 0.25) is 0 Å². The van der Waals surface area contributed by atoms with Crippen molar-refractivity contribution in [2.75, 3.05) is 27.5 Å². The van der Waals surface area contributed by atoms with Crippen LogP contribution in [0.5, 0.6) is 17.2 Å². The van der Waals surface area contributed by atoms with Crippen molar-refractivity contribution >= 4 is 11.9 Å². The minimum atomic E-state index is -0.0703. The predicted octanol–water partition coefficient (Wildman–Crippen LogP) is 3.31. The first-order valence-electron chi connectivity index (χ1n) is 8.66. The highest BCUT2D eigenvalue weighted by Gasteiger charge is 2.34. The van der Waals surface area contributed by atoms with E-state index in [1.807, 2.05) is 36.4 Å². The second kappa shape index (κ2) is 6.84. The van der Waals surface area contributed by atoms with E-state index in [4.69, 9.17) is 14.2 Å². The number of fused-ring (bicyclic) bond motifs is 2. The quantitative estimate of drug-likeness (QED) is 0.625. The molecule has 2 aromatic rings. The van der Waals surface area contributed by atoms with E-state index >= 15 is 0 Å². The van der Waals surface area contributed by atoms with Crippen LogP contribution in [0.4, 0.5) is 0 Å². The number of ether oxygens (including phenoxy) is 3. The van der Waals surface area contributed by atoms with Gasteiger partial charge in [-0.25, -0.2) is 0 Å². The first-order chi connectivity index (χ1) is 12.7. The minimum absolute atomic E-state index is 0.0703. The highest BCUT2D eigenvalue weighted by atomic mass is 16.7. The summed E-state index contributed by atoms with van der Waals surface area (Å²) in [5.74, 6) is 1.66. The zero-order valence-corrected chi connectivity index (χ0v) is 15.0. The summed E-state index contributed by atoms with van der Waals surface area (Å²) in [6.07, 6.45) is 4.22. The Hall–Kier alpha value is -2.79. The maximum atomic E-state index is 13.1. The number of rotatable bonds is 4. The number of ketones is 1. The molecule has 5 nitrogen and oxygen atoms in total. The molecule has 0 N–H and O–H groups in total. The normalized spacial score (nSPS) is 15.9. The van der Waals surface area contributed by atoms with Crippen LogP contribution in [-0.2, 0) is 13.0 Å². The van der Waals surface area contributed by atoms with Crippen LogP contribution in [0.1, 0.15) is 27.0 Å². The molecule has 0 fully saturated rings. The molecule has 0 amide bonds. The number of benzene rings is 2. The summed E-state index contributed by atoms with van der Waals surface area (Å²) in [5.41, 5.74) is 3.61. The second-order valence-corrected chi connectivity index (χ2v) is 6.53. The highest BCUT2D eigenvalue weighted by molar-refractivity contribution is 6.11. The standard InChI is InChI=1S/C21H21NO4/c1-22-11-10-15-16(12-22)19(24-2)21-20(25-13-26-21)18(15)17(23)9-8-14-6-4-3-5-7-14/h3-9H,10-13H2,1-2H3. The summed E-state index contributed by atoms with van der Waals surface area (Å²) in [5, 5.41) is 0. The Bertz CT molecular complexity index is 874. The van der Waals surface area contributed by atoms with Crippen molar-refractivity contribution in [3.8, 4) is 17.2 Å². The third kappa shape index (κ3) is 2.84. The molecule has 0 unspecified atom stereocenters. The molecule has 0 aromatic heterocycles. The number of likely N-dealkylation sites (N-methyl/N-ethyl adjacent to an activating group) is 1. The Kier molecular flexibility index (Phi) is 4.39. The molecule has 2 aliphatic heterocycles. The molecule has 4 rings (SSSR count). The van der Waals surface area contributed by atoms with E-state index in [9.17, 15) is 4.79 Å². The first-order valence-corrected chi connectivity index (χ1v) is 8.66. The zero-order chi connectivity index (χ0) is 18.1.